The van der Waals surface area contributed by atoms with Gasteiger partial charge in [-0.25, -0.2) is 23.4 Å². The standard InChI is InChI=1S/C20H23N7O3S2/c1-2-5-27-17-4-3-15(32(28,29)26-6-8-30-9-7-26)10-16(17)24-18(27)13-31-20-23-12-14(11-21)19(22)25-20/h3-4,10,12H,2,5-9,13H2,1H3,(H2,22,23,25). The van der Waals surface area contributed by atoms with E-state index in [2.05, 4.69) is 21.5 Å². The lowest BCUT2D eigenvalue weighted by molar-refractivity contribution is 0.0730. The van der Waals surface area contributed by atoms with E-state index in [1.165, 1.54) is 22.3 Å². The third kappa shape index (κ3) is 4.42. The van der Waals surface area contributed by atoms with Gasteiger partial charge < -0.3 is 15.0 Å². The van der Waals surface area contributed by atoms with Crippen LogP contribution in [-0.4, -0.2) is 58.5 Å². The van der Waals surface area contributed by atoms with Gasteiger partial charge in [0.1, 0.15) is 23.3 Å². The number of ether oxygens (including phenoxy) is 1. The third-order valence-corrected chi connectivity index (χ3v) is 7.85. The van der Waals surface area contributed by atoms with E-state index in [0.29, 0.717) is 42.7 Å². The quantitative estimate of drug-likeness (QED) is 0.403. The Balaban J connectivity index is 1.63. The molecule has 0 amide bonds. The molecule has 3 aromatic rings. The number of thioether (sulfide) groups is 1. The van der Waals surface area contributed by atoms with Gasteiger partial charge in [0.25, 0.3) is 0 Å². The molecule has 4 rings (SSSR count). The van der Waals surface area contributed by atoms with Crippen LogP contribution in [0.2, 0.25) is 0 Å². The topological polar surface area (TPSA) is 140 Å². The summed E-state index contributed by atoms with van der Waals surface area (Å²) in [6, 6.07) is 7.04. The molecule has 12 heteroatoms. The van der Waals surface area contributed by atoms with Gasteiger partial charge in [0.15, 0.2) is 5.16 Å². The summed E-state index contributed by atoms with van der Waals surface area (Å²) < 4.78 is 34.9. The first-order valence-corrected chi connectivity index (χ1v) is 12.6. The fraction of sp³-hybridized carbons (Fsp3) is 0.400. The molecule has 1 aromatic carbocycles. The number of nitriles is 1. The number of nitrogens with zero attached hydrogens (tertiary/aromatic N) is 6. The molecule has 0 spiro atoms. The van der Waals surface area contributed by atoms with Crippen molar-refractivity contribution in [2.45, 2.75) is 35.7 Å². The van der Waals surface area contributed by atoms with Gasteiger partial charge in [-0.05, 0) is 24.6 Å². The van der Waals surface area contributed by atoms with Crippen molar-refractivity contribution in [3.8, 4) is 6.07 Å². The maximum absolute atomic E-state index is 13.0. The number of rotatable bonds is 7. The van der Waals surface area contributed by atoms with Crippen molar-refractivity contribution < 1.29 is 13.2 Å². The van der Waals surface area contributed by atoms with Crippen molar-refractivity contribution in [1.29, 1.82) is 5.26 Å². The number of hydrogen-bond donors (Lipinski definition) is 1. The molecule has 32 heavy (non-hydrogen) atoms. The van der Waals surface area contributed by atoms with E-state index in [1.54, 1.807) is 12.1 Å². The van der Waals surface area contributed by atoms with Gasteiger partial charge in [0.2, 0.25) is 10.0 Å². The van der Waals surface area contributed by atoms with Crippen molar-refractivity contribution >= 4 is 38.6 Å². The Morgan fingerprint density at radius 3 is 2.75 bits per heavy atom. The largest absolute Gasteiger partial charge is 0.382 e. The zero-order valence-electron chi connectivity index (χ0n) is 17.6. The lowest BCUT2D eigenvalue weighted by Gasteiger charge is -2.26. The predicted molar refractivity (Wildman–Crippen MR) is 120 cm³/mol. The van der Waals surface area contributed by atoms with E-state index in [0.717, 1.165) is 24.3 Å². The van der Waals surface area contributed by atoms with E-state index < -0.39 is 10.0 Å². The predicted octanol–water partition coefficient (Wildman–Crippen LogP) is 2.00. The fourth-order valence-corrected chi connectivity index (χ4v) is 5.70. The molecular weight excluding hydrogens is 450 g/mol. The van der Waals surface area contributed by atoms with Crippen molar-refractivity contribution in [2.75, 3.05) is 32.0 Å². The Morgan fingerprint density at radius 2 is 2.06 bits per heavy atom. The monoisotopic (exact) mass is 473 g/mol. The third-order valence-electron chi connectivity index (χ3n) is 5.10. The molecular formula is C20H23N7O3S2. The average molecular weight is 474 g/mol. The van der Waals surface area contributed by atoms with Crippen LogP contribution in [0.5, 0.6) is 0 Å². The molecule has 168 valence electrons. The second-order valence-electron chi connectivity index (χ2n) is 7.20. The van der Waals surface area contributed by atoms with Gasteiger partial charge in [0, 0.05) is 19.6 Å². The minimum atomic E-state index is -3.60. The Labute approximate surface area is 190 Å². The second-order valence-corrected chi connectivity index (χ2v) is 10.1. The van der Waals surface area contributed by atoms with Crippen LogP contribution in [0.3, 0.4) is 0 Å². The molecule has 10 nitrogen and oxygen atoms in total. The number of anilines is 1. The highest BCUT2D eigenvalue weighted by atomic mass is 32.2. The molecule has 1 aliphatic heterocycles. The summed E-state index contributed by atoms with van der Waals surface area (Å²) in [6.07, 6.45) is 2.31. The number of morpholine rings is 1. The average Bonchev–Trinajstić information content (AvgIpc) is 3.15. The minimum absolute atomic E-state index is 0.144. The number of aryl methyl sites for hydroxylation is 1. The molecule has 0 radical (unpaired) electrons. The first-order valence-electron chi connectivity index (χ1n) is 10.2. The SMILES string of the molecule is CCCn1c(CSc2ncc(C#N)c(N)n2)nc2cc(S(=O)(=O)N3CCOCC3)ccc21. The van der Waals surface area contributed by atoms with Crippen LogP contribution in [0.1, 0.15) is 24.7 Å². The van der Waals surface area contributed by atoms with Crippen LogP contribution in [0.25, 0.3) is 11.0 Å². The normalized spacial score (nSPS) is 15.1. The smallest absolute Gasteiger partial charge is 0.243 e. The van der Waals surface area contributed by atoms with Gasteiger partial charge in [-0.15, -0.1) is 0 Å². The molecule has 0 aliphatic carbocycles. The molecule has 2 aromatic heterocycles. The molecule has 0 bridgehead atoms. The number of aromatic nitrogens is 4. The van der Waals surface area contributed by atoms with Crippen LogP contribution >= 0.6 is 11.8 Å². The van der Waals surface area contributed by atoms with Crippen LogP contribution in [0, 0.1) is 11.3 Å². The Kier molecular flexibility index (Phi) is 6.61. The Hall–Kier alpha value is -2.72. The van der Waals surface area contributed by atoms with Crippen molar-refractivity contribution in [2.24, 2.45) is 0 Å². The van der Waals surface area contributed by atoms with E-state index in [-0.39, 0.29) is 16.3 Å². The molecule has 0 unspecified atom stereocenters. The van der Waals surface area contributed by atoms with Gasteiger partial charge >= 0.3 is 0 Å². The van der Waals surface area contributed by atoms with Crippen molar-refractivity contribution in [3.63, 3.8) is 0 Å². The summed E-state index contributed by atoms with van der Waals surface area (Å²) in [6.45, 7) is 4.31. The summed E-state index contributed by atoms with van der Waals surface area (Å²) in [7, 11) is -3.60. The number of fused-ring (bicyclic) bond motifs is 1. The number of benzene rings is 1. The molecule has 1 saturated heterocycles. The van der Waals surface area contributed by atoms with Crippen LogP contribution < -0.4 is 5.73 Å². The number of imidazole rings is 1. The zero-order chi connectivity index (χ0) is 22.7. The van der Waals surface area contributed by atoms with E-state index in [4.69, 9.17) is 20.7 Å². The maximum Gasteiger partial charge on any atom is 0.243 e. The van der Waals surface area contributed by atoms with Crippen LogP contribution in [-0.2, 0) is 27.1 Å². The molecule has 1 aliphatic rings. The highest BCUT2D eigenvalue weighted by molar-refractivity contribution is 7.98. The van der Waals surface area contributed by atoms with Gasteiger partial charge in [0.05, 0.1) is 41.1 Å². The zero-order valence-corrected chi connectivity index (χ0v) is 19.2. The summed E-state index contributed by atoms with van der Waals surface area (Å²) in [4.78, 5) is 13.3. The highest BCUT2D eigenvalue weighted by Crippen LogP contribution is 2.27. The summed E-state index contributed by atoms with van der Waals surface area (Å²) >= 11 is 1.36. The summed E-state index contributed by atoms with van der Waals surface area (Å²) in [5, 5.41) is 9.43. The van der Waals surface area contributed by atoms with E-state index >= 15 is 0 Å². The fourth-order valence-electron chi connectivity index (χ4n) is 3.50. The lowest BCUT2D eigenvalue weighted by Crippen LogP contribution is -2.40. The maximum atomic E-state index is 13.0. The highest BCUT2D eigenvalue weighted by Gasteiger charge is 2.27. The Bertz CT molecular complexity index is 1280. The van der Waals surface area contributed by atoms with E-state index in [1.807, 2.05) is 12.1 Å². The lowest BCUT2D eigenvalue weighted by atomic mass is 10.3. The van der Waals surface area contributed by atoms with Crippen LogP contribution in [0.15, 0.2) is 34.4 Å². The van der Waals surface area contributed by atoms with Crippen molar-refractivity contribution in [1.82, 2.24) is 23.8 Å². The summed E-state index contributed by atoms with van der Waals surface area (Å²) in [5.74, 6) is 1.41. The Morgan fingerprint density at radius 1 is 1.28 bits per heavy atom. The van der Waals surface area contributed by atoms with Gasteiger partial charge in [-0.3, -0.25) is 0 Å². The van der Waals surface area contributed by atoms with E-state index in [9.17, 15) is 8.42 Å². The number of sulfonamides is 1. The molecule has 3 heterocycles. The second kappa shape index (κ2) is 9.41. The first-order chi connectivity index (χ1) is 15.4. The molecule has 2 N–H and O–H groups in total. The number of hydrogen-bond acceptors (Lipinski definition) is 9. The number of nitrogen functional groups attached to an aromatic ring is 1. The molecule has 1 fully saturated rings. The number of nitrogens with two attached hydrogens (primary N) is 1. The molecule has 0 saturated carbocycles. The van der Waals surface area contributed by atoms with Crippen molar-refractivity contribution in [3.05, 3.63) is 35.8 Å². The van der Waals surface area contributed by atoms with Gasteiger partial charge in [-0.1, -0.05) is 18.7 Å². The van der Waals surface area contributed by atoms with Gasteiger partial charge in [-0.2, -0.15) is 9.57 Å². The van der Waals surface area contributed by atoms with Crippen LogP contribution in [0.4, 0.5) is 5.82 Å². The minimum Gasteiger partial charge on any atom is -0.382 e. The summed E-state index contributed by atoms with van der Waals surface area (Å²) in [5.41, 5.74) is 7.53. The molecule has 0 atom stereocenters. The first kappa shape index (κ1) is 22.5.